The summed E-state index contributed by atoms with van der Waals surface area (Å²) < 4.78 is 0. The lowest BCUT2D eigenvalue weighted by molar-refractivity contribution is -0.127. The van der Waals surface area contributed by atoms with E-state index in [4.69, 9.17) is 5.26 Å². The fraction of sp³-hybridized carbons (Fsp3) is 0.875. The van der Waals surface area contributed by atoms with Gasteiger partial charge in [0.1, 0.15) is 0 Å². The van der Waals surface area contributed by atoms with Crippen LogP contribution in [0.5, 0.6) is 0 Å². The maximum Gasteiger partial charge on any atom is 0.223 e. The normalized spacial score (nSPS) is 31.1. The van der Waals surface area contributed by atoms with E-state index in [1.54, 1.807) is 0 Å². The van der Waals surface area contributed by atoms with Gasteiger partial charge in [-0.2, -0.15) is 5.26 Å². The summed E-state index contributed by atoms with van der Waals surface area (Å²) in [5.74, 6) is 2.02. The summed E-state index contributed by atoms with van der Waals surface area (Å²) in [6.45, 7) is 4.20. The van der Waals surface area contributed by atoms with Gasteiger partial charge in [0.15, 0.2) is 0 Å². The van der Waals surface area contributed by atoms with Crippen molar-refractivity contribution in [1.29, 1.82) is 5.26 Å². The van der Waals surface area contributed by atoms with Crippen molar-refractivity contribution in [2.24, 2.45) is 23.2 Å². The Balaban J connectivity index is 1.82. The zero-order valence-electron chi connectivity index (χ0n) is 12.2. The van der Waals surface area contributed by atoms with Crippen molar-refractivity contribution in [3.05, 3.63) is 0 Å². The molecule has 0 aromatic carbocycles. The van der Waals surface area contributed by atoms with Crippen LogP contribution >= 0.6 is 0 Å². The topological polar surface area (TPSA) is 52.9 Å². The lowest BCUT2D eigenvalue weighted by Crippen LogP contribution is -2.40. The van der Waals surface area contributed by atoms with Crippen LogP contribution < -0.4 is 5.32 Å². The summed E-state index contributed by atoms with van der Waals surface area (Å²) in [7, 11) is 0. The molecule has 106 valence electrons. The first-order valence-electron chi connectivity index (χ1n) is 7.71. The average molecular weight is 262 g/mol. The Bertz CT molecular complexity index is 369. The van der Waals surface area contributed by atoms with Crippen molar-refractivity contribution in [3.63, 3.8) is 0 Å². The third kappa shape index (κ3) is 3.72. The monoisotopic (exact) mass is 262 g/mol. The third-order valence-corrected chi connectivity index (χ3v) is 4.92. The van der Waals surface area contributed by atoms with Gasteiger partial charge in [-0.1, -0.05) is 25.7 Å². The third-order valence-electron chi connectivity index (χ3n) is 4.92. The fourth-order valence-electron chi connectivity index (χ4n) is 3.60. The van der Waals surface area contributed by atoms with Crippen molar-refractivity contribution >= 4 is 5.91 Å². The maximum atomic E-state index is 12.2. The molecule has 2 aliphatic carbocycles. The fourth-order valence-corrected chi connectivity index (χ4v) is 3.60. The molecule has 2 rings (SSSR count). The van der Waals surface area contributed by atoms with E-state index in [1.807, 2.05) is 13.8 Å². The predicted molar refractivity (Wildman–Crippen MR) is 75.2 cm³/mol. The second-order valence-electron chi connectivity index (χ2n) is 7.03. The molecule has 19 heavy (non-hydrogen) atoms. The second-order valence-corrected chi connectivity index (χ2v) is 7.03. The van der Waals surface area contributed by atoms with E-state index in [-0.39, 0.29) is 11.8 Å². The van der Waals surface area contributed by atoms with E-state index >= 15 is 0 Å². The molecule has 3 atom stereocenters. The van der Waals surface area contributed by atoms with Crippen LogP contribution in [0.1, 0.15) is 58.8 Å². The number of carbonyl (C=O) groups excluding carboxylic acids is 1. The van der Waals surface area contributed by atoms with E-state index in [1.165, 1.54) is 32.1 Å². The molecule has 0 aromatic rings. The molecule has 3 nitrogen and oxygen atoms in total. The molecule has 0 saturated heterocycles. The smallest absolute Gasteiger partial charge is 0.223 e. The zero-order valence-corrected chi connectivity index (χ0v) is 12.2. The number of nitriles is 1. The first-order chi connectivity index (χ1) is 9.02. The summed E-state index contributed by atoms with van der Waals surface area (Å²) in [5.41, 5.74) is -0.461. The van der Waals surface area contributed by atoms with Crippen molar-refractivity contribution in [3.8, 4) is 6.07 Å². The average Bonchev–Trinajstić information content (AvgIpc) is 2.44. The Labute approximate surface area is 116 Å². The Kier molecular flexibility index (Phi) is 4.50. The number of hydrogen-bond donors (Lipinski definition) is 1. The molecule has 2 saturated carbocycles. The van der Waals surface area contributed by atoms with E-state index in [2.05, 4.69) is 11.4 Å². The highest BCUT2D eigenvalue weighted by atomic mass is 16.1. The van der Waals surface area contributed by atoms with Gasteiger partial charge in [0, 0.05) is 12.5 Å². The molecule has 3 heteroatoms. The number of amides is 1. The van der Waals surface area contributed by atoms with Crippen molar-refractivity contribution < 1.29 is 4.79 Å². The van der Waals surface area contributed by atoms with E-state index in [0.717, 1.165) is 24.7 Å². The Morgan fingerprint density at radius 2 is 1.89 bits per heavy atom. The number of carbonyl (C=O) groups is 1. The van der Waals surface area contributed by atoms with E-state index in [0.29, 0.717) is 6.54 Å². The summed E-state index contributed by atoms with van der Waals surface area (Å²) in [6.07, 6.45) is 8.76. The highest BCUT2D eigenvalue weighted by Gasteiger charge is 2.35. The van der Waals surface area contributed by atoms with Crippen LogP contribution in [0.15, 0.2) is 0 Å². The molecule has 3 unspecified atom stereocenters. The highest BCUT2D eigenvalue weighted by Crippen LogP contribution is 2.42. The Hall–Kier alpha value is -1.04. The van der Waals surface area contributed by atoms with Gasteiger partial charge in [0.05, 0.1) is 11.5 Å². The van der Waals surface area contributed by atoms with E-state index < -0.39 is 5.41 Å². The molecule has 0 bridgehead atoms. The lowest BCUT2D eigenvalue weighted by Gasteiger charge is -2.38. The molecule has 0 heterocycles. The highest BCUT2D eigenvalue weighted by molar-refractivity contribution is 5.78. The molecule has 2 aliphatic rings. The van der Waals surface area contributed by atoms with Crippen LogP contribution in [0.3, 0.4) is 0 Å². The van der Waals surface area contributed by atoms with Crippen LogP contribution in [0.25, 0.3) is 0 Å². The quantitative estimate of drug-likeness (QED) is 0.848. The predicted octanol–water partition coefficient (Wildman–Crippen LogP) is 3.26. The van der Waals surface area contributed by atoms with Gasteiger partial charge in [0.25, 0.3) is 0 Å². The summed E-state index contributed by atoms with van der Waals surface area (Å²) >= 11 is 0. The van der Waals surface area contributed by atoms with Gasteiger partial charge < -0.3 is 5.32 Å². The van der Waals surface area contributed by atoms with Crippen LogP contribution in [0, 0.1) is 34.5 Å². The summed E-state index contributed by atoms with van der Waals surface area (Å²) in [5, 5.41) is 11.9. The Morgan fingerprint density at radius 3 is 2.58 bits per heavy atom. The number of hydrogen-bond acceptors (Lipinski definition) is 2. The van der Waals surface area contributed by atoms with Crippen LogP contribution in [0.4, 0.5) is 0 Å². The molecule has 1 N–H and O–H groups in total. The van der Waals surface area contributed by atoms with Crippen LogP contribution in [-0.4, -0.2) is 12.5 Å². The zero-order chi connectivity index (χ0) is 13.9. The van der Waals surface area contributed by atoms with Gasteiger partial charge in [-0.3, -0.25) is 4.79 Å². The van der Waals surface area contributed by atoms with Gasteiger partial charge >= 0.3 is 0 Å². The molecular weight excluding hydrogens is 236 g/mol. The van der Waals surface area contributed by atoms with Crippen molar-refractivity contribution in [2.75, 3.05) is 6.54 Å². The molecule has 0 spiro atoms. The van der Waals surface area contributed by atoms with Crippen LogP contribution in [0.2, 0.25) is 0 Å². The minimum absolute atomic E-state index is 0.173. The first-order valence-corrected chi connectivity index (χ1v) is 7.71. The van der Waals surface area contributed by atoms with Gasteiger partial charge in [-0.05, 0) is 44.9 Å². The standard InChI is InChI=1S/C16H26N2O/c1-16(2,10-17)11-18-15(19)14-8-7-12-5-3-4-6-13(12)9-14/h12-14H,3-9,11H2,1-2H3,(H,18,19). The summed E-state index contributed by atoms with van der Waals surface area (Å²) in [6, 6.07) is 2.23. The molecule has 0 aliphatic heterocycles. The SMILES string of the molecule is CC(C)(C#N)CNC(=O)C1CCC2CCCCC2C1. The second kappa shape index (κ2) is 5.94. The minimum Gasteiger partial charge on any atom is -0.354 e. The van der Waals surface area contributed by atoms with Crippen molar-refractivity contribution in [2.45, 2.75) is 58.8 Å². The maximum absolute atomic E-state index is 12.2. The van der Waals surface area contributed by atoms with Crippen molar-refractivity contribution in [1.82, 2.24) is 5.32 Å². The summed E-state index contributed by atoms with van der Waals surface area (Å²) in [4.78, 5) is 12.2. The van der Waals surface area contributed by atoms with Crippen LogP contribution in [-0.2, 0) is 4.79 Å². The molecule has 0 radical (unpaired) electrons. The van der Waals surface area contributed by atoms with Gasteiger partial charge in [-0.25, -0.2) is 0 Å². The lowest BCUT2D eigenvalue weighted by atomic mass is 9.67. The minimum atomic E-state index is -0.461. The number of rotatable bonds is 3. The number of nitrogens with zero attached hydrogens (tertiary/aromatic N) is 1. The Morgan fingerprint density at radius 1 is 1.21 bits per heavy atom. The van der Waals surface area contributed by atoms with E-state index in [9.17, 15) is 4.79 Å². The molecule has 1 amide bonds. The van der Waals surface area contributed by atoms with Gasteiger partial charge in [0.2, 0.25) is 5.91 Å². The van der Waals surface area contributed by atoms with Gasteiger partial charge in [-0.15, -0.1) is 0 Å². The molecule has 0 aromatic heterocycles. The molecular formula is C16H26N2O. The number of nitrogens with one attached hydrogen (secondary N) is 1. The number of fused-ring (bicyclic) bond motifs is 1. The first kappa shape index (κ1) is 14.4. The molecule has 2 fully saturated rings. The largest absolute Gasteiger partial charge is 0.354 e.